The van der Waals surface area contributed by atoms with Gasteiger partial charge in [0.2, 0.25) is 0 Å². The number of hydrogen-bond donors (Lipinski definition) is 1. The minimum atomic E-state index is -1.35. The zero-order chi connectivity index (χ0) is 28.0. The van der Waals surface area contributed by atoms with E-state index in [0.717, 1.165) is 21.2 Å². The molecule has 0 aromatic heterocycles. The van der Waals surface area contributed by atoms with Crippen molar-refractivity contribution in [2.75, 3.05) is 6.54 Å². The van der Waals surface area contributed by atoms with Crippen LogP contribution in [-0.2, 0) is 21.6 Å². The second kappa shape index (κ2) is 12.8. The Balaban J connectivity index is 2.52. The fourth-order valence-electron chi connectivity index (χ4n) is 4.08. The lowest BCUT2D eigenvalue weighted by Crippen LogP contribution is -2.53. The highest BCUT2D eigenvalue weighted by Gasteiger charge is 2.41. The summed E-state index contributed by atoms with van der Waals surface area (Å²) in [6, 6.07) is 17.8. The third-order valence-electron chi connectivity index (χ3n) is 6.00. The van der Waals surface area contributed by atoms with Gasteiger partial charge in [0.05, 0.1) is 11.6 Å². The van der Waals surface area contributed by atoms with E-state index in [2.05, 4.69) is 27.2 Å². The minimum absolute atomic E-state index is 0.227. The van der Waals surface area contributed by atoms with Crippen LogP contribution in [0.5, 0.6) is 0 Å². The Bertz CT molecular complexity index is 1030. The van der Waals surface area contributed by atoms with E-state index in [9.17, 15) is 9.35 Å². The SMILES string of the molecule is C=C(C)CC(CCN(C(=O)OC(C)(C)C)[C@@H](C)c1ccc(Br)cc1)(N[S+]([O-])C(C)(C)C)c1ccccc1. The first-order chi connectivity index (χ1) is 17.0. The second-order valence-electron chi connectivity index (χ2n) is 11.7. The first-order valence-corrected chi connectivity index (χ1v) is 14.6. The number of nitrogens with zero attached hydrogens (tertiary/aromatic N) is 1. The van der Waals surface area contributed by atoms with Crippen molar-refractivity contribution in [1.29, 1.82) is 0 Å². The van der Waals surface area contributed by atoms with E-state index in [1.807, 2.05) is 110 Å². The monoisotopic (exact) mass is 590 g/mol. The zero-order valence-electron chi connectivity index (χ0n) is 23.6. The van der Waals surface area contributed by atoms with Crippen LogP contribution >= 0.6 is 15.9 Å². The molecule has 37 heavy (non-hydrogen) atoms. The molecule has 1 N–H and O–H groups in total. The van der Waals surface area contributed by atoms with E-state index in [0.29, 0.717) is 19.4 Å². The van der Waals surface area contributed by atoms with Crippen LogP contribution in [0.3, 0.4) is 0 Å². The standard InChI is InChI=1S/C30H43BrN2O3S/c1-22(2)21-30(25-13-11-10-12-14-25,32-37(35)29(7,8)9)19-20-33(27(34)36-28(4,5)6)23(3)24-15-17-26(31)18-16-24/h10-18,23,32H,1,19-21H2,2-9H3/t23-,30?,37?/m0/s1. The van der Waals surface area contributed by atoms with Crippen LogP contribution < -0.4 is 4.72 Å². The summed E-state index contributed by atoms with van der Waals surface area (Å²) >= 11 is 2.15. The molecule has 0 spiro atoms. The van der Waals surface area contributed by atoms with Crippen molar-refractivity contribution in [3.8, 4) is 0 Å². The van der Waals surface area contributed by atoms with Gasteiger partial charge >= 0.3 is 6.09 Å². The molecule has 2 aromatic carbocycles. The molecule has 0 aliphatic rings. The summed E-state index contributed by atoms with van der Waals surface area (Å²) in [5.41, 5.74) is 1.66. The molecule has 0 aliphatic heterocycles. The number of ether oxygens (including phenoxy) is 1. The molecule has 0 bridgehead atoms. The molecule has 0 saturated heterocycles. The molecule has 5 nitrogen and oxygen atoms in total. The van der Waals surface area contributed by atoms with Gasteiger partial charge in [-0.15, -0.1) is 11.3 Å². The Labute approximate surface area is 235 Å². The minimum Gasteiger partial charge on any atom is -0.598 e. The molecule has 0 aliphatic carbocycles. The maximum atomic E-state index is 13.5. The Kier molecular flexibility index (Phi) is 10.9. The predicted octanol–water partition coefficient (Wildman–Crippen LogP) is 8.05. The van der Waals surface area contributed by atoms with E-state index in [1.165, 1.54) is 0 Å². The Morgan fingerprint density at radius 1 is 1.08 bits per heavy atom. The van der Waals surface area contributed by atoms with Crippen LogP contribution in [0.1, 0.15) is 85.4 Å². The third kappa shape index (κ3) is 9.47. The van der Waals surface area contributed by atoms with Crippen LogP contribution in [0, 0.1) is 0 Å². The normalized spacial score (nSPS) is 15.4. The number of carbonyl (C=O) groups is 1. The summed E-state index contributed by atoms with van der Waals surface area (Å²) in [5, 5.41) is 0. The summed E-state index contributed by atoms with van der Waals surface area (Å²) in [7, 11) is 0. The van der Waals surface area contributed by atoms with Crippen molar-refractivity contribution in [3.63, 3.8) is 0 Å². The van der Waals surface area contributed by atoms with Gasteiger partial charge in [-0.25, -0.2) is 4.79 Å². The number of benzene rings is 2. The lowest BCUT2D eigenvalue weighted by Gasteiger charge is -2.40. The van der Waals surface area contributed by atoms with Crippen molar-refractivity contribution in [2.24, 2.45) is 0 Å². The number of hydrogen-bond acceptors (Lipinski definition) is 4. The molecule has 1 amide bonds. The quantitative estimate of drug-likeness (QED) is 0.224. The number of halogens is 1. The van der Waals surface area contributed by atoms with E-state index in [1.54, 1.807) is 4.90 Å². The average Bonchev–Trinajstić information content (AvgIpc) is 2.77. The topological polar surface area (TPSA) is 64.6 Å². The van der Waals surface area contributed by atoms with Gasteiger partial charge in [-0.2, -0.15) is 0 Å². The summed E-state index contributed by atoms with van der Waals surface area (Å²) < 4.78 is 23.3. The summed E-state index contributed by atoms with van der Waals surface area (Å²) in [4.78, 5) is 15.3. The predicted molar refractivity (Wildman–Crippen MR) is 159 cm³/mol. The van der Waals surface area contributed by atoms with Gasteiger partial charge < -0.3 is 14.2 Å². The highest BCUT2D eigenvalue weighted by molar-refractivity contribution is 9.10. The molecule has 204 valence electrons. The average molecular weight is 592 g/mol. The number of amides is 1. The Hall–Kier alpha value is -1.80. The van der Waals surface area contributed by atoms with Crippen LogP contribution in [0.4, 0.5) is 4.79 Å². The molecule has 2 unspecified atom stereocenters. The zero-order valence-corrected chi connectivity index (χ0v) is 26.0. The van der Waals surface area contributed by atoms with Gasteiger partial charge in [-0.3, -0.25) is 0 Å². The summed E-state index contributed by atoms with van der Waals surface area (Å²) in [6.07, 6.45) is 0.719. The van der Waals surface area contributed by atoms with Gasteiger partial charge in [0.1, 0.15) is 10.3 Å². The fourth-order valence-corrected chi connectivity index (χ4v) is 5.30. The highest BCUT2D eigenvalue weighted by Crippen LogP contribution is 2.36. The van der Waals surface area contributed by atoms with Crippen molar-refractivity contribution in [3.05, 3.63) is 82.3 Å². The molecule has 0 heterocycles. The highest BCUT2D eigenvalue weighted by atomic mass is 79.9. The van der Waals surface area contributed by atoms with Crippen LogP contribution in [-0.4, -0.2) is 32.4 Å². The van der Waals surface area contributed by atoms with Crippen molar-refractivity contribution in [2.45, 2.75) is 90.2 Å². The maximum absolute atomic E-state index is 13.5. The van der Waals surface area contributed by atoms with Crippen LogP contribution in [0.2, 0.25) is 0 Å². The molecule has 0 radical (unpaired) electrons. The first kappa shape index (κ1) is 31.4. The second-order valence-corrected chi connectivity index (χ2v) is 14.6. The largest absolute Gasteiger partial charge is 0.598 e. The Morgan fingerprint density at radius 3 is 2.14 bits per heavy atom. The fraction of sp³-hybridized carbons (Fsp3) is 0.500. The third-order valence-corrected chi connectivity index (χ3v) is 8.22. The Morgan fingerprint density at radius 2 is 1.65 bits per heavy atom. The molecule has 7 heteroatoms. The number of nitrogens with one attached hydrogen (secondary N) is 1. The van der Waals surface area contributed by atoms with Gasteiger partial charge in [-0.05, 0) is 91.5 Å². The molecule has 2 rings (SSSR count). The van der Waals surface area contributed by atoms with E-state index in [4.69, 9.17) is 4.74 Å². The van der Waals surface area contributed by atoms with Crippen LogP contribution in [0.15, 0.2) is 71.2 Å². The van der Waals surface area contributed by atoms with Crippen molar-refractivity contribution in [1.82, 2.24) is 9.62 Å². The molecular formula is C30H43BrN2O3S. The molecule has 3 atom stereocenters. The lowest BCUT2D eigenvalue weighted by atomic mass is 9.82. The van der Waals surface area contributed by atoms with Crippen LogP contribution in [0.25, 0.3) is 0 Å². The van der Waals surface area contributed by atoms with Gasteiger partial charge in [0, 0.05) is 22.4 Å². The first-order valence-electron chi connectivity index (χ1n) is 12.7. The molecule has 0 fully saturated rings. The van der Waals surface area contributed by atoms with Gasteiger partial charge in [-0.1, -0.05) is 64.0 Å². The van der Waals surface area contributed by atoms with Crippen molar-refractivity contribution >= 4 is 33.4 Å². The summed E-state index contributed by atoms with van der Waals surface area (Å²) in [5.74, 6) is 0. The lowest BCUT2D eigenvalue weighted by molar-refractivity contribution is 0.0155. The van der Waals surface area contributed by atoms with Crippen molar-refractivity contribution < 1.29 is 14.1 Å². The molecular weight excluding hydrogens is 548 g/mol. The van der Waals surface area contributed by atoms with Gasteiger partial charge in [0.15, 0.2) is 0 Å². The summed E-state index contributed by atoms with van der Waals surface area (Å²) in [6.45, 7) is 20.0. The number of carbonyl (C=O) groups excluding carboxylic acids is 1. The smallest absolute Gasteiger partial charge is 0.410 e. The molecule has 0 saturated carbocycles. The van der Waals surface area contributed by atoms with E-state index >= 15 is 0 Å². The number of rotatable bonds is 10. The molecule has 2 aromatic rings. The van der Waals surface area contributed by atoms with Gasteiger partial charge in [0.25, 0.3) is 0 Å². The maximum Gasteiger partial charge on any atom is 0.410 e. The van der Waals surface area contributed by atoms with E-state index in [-0.39, 0.29) is 12.1 Å². The van der Waals surface area contributed by atoms with E-state index < -0.39 is 27.2 Å².